The Balaban J connectivity index is 3.02. The molecular formula is C10H21N. The standard InChI is InChI=1S/C10H21N/c1-5-6-8-11-9-7-10(2,3)4/h5,11H,1,6-9H2,2-4H3. The molecule has 0 aliphatic rings. The number of nitrogens with one attached hydrogen (secondary N) is 1. The highest BCUT2D eigenvalue weighted by molar-refractivity contribution is 4.68. The third-order valence-electron chi connectivity index (χ3n) is 1.58. The molecule has 0 aromatic heterocycles. The molecule has 0 heterocycles. The van der Waals surface area contributed by atoms with Crippen LogP contribution in [0.15, 0.2) is 0 Å². The lowest BCUT2D eigenvalue weighted by Gasteiger charge is -2.17. The van der Waals surface area contributed by atoms with Gasteiger partial charge in [0.25, 0.3) is 0 Å². The van der Waals surface area contributed by atoms with E-state index in [-0.39, 0.29) is 0 Å². The molecule has 0 bridgehead atoms. The van der Waals surface area contributed by atoms with Crippen molar-refractivity contribution in [2.75, 3.05) is 13.1 Å². The molecule has 0 aromatic carbocycles. The average Bonchev–Trinajstić information content (AvgIpc) is 1.85. The van der Waals surface area contributed by atoms with E-state index in [0.29, 0.717) is 5.41 Å². The Morgan fingerprint density at radius 3 is 2.36 bits per heavy atom. The van der Waals surface area contributed by atoms with Gasteiger partial charge in [-0.25, -0.2) is 0 Å². The van der Waals surface area contributed by atoms with Crippen molar-refractivity contribution in [3.8, 4) is 0 Å². The number of hydrogen-bond donors (Lipinski definition) is 1. The first-order valence-corrected chi connectivity index (χ1v) is 4.38. The monoisotopic (exact) mass is 155 g/mol. The molecule has 0 rings (SSSR count). The van der Waals surface area contributed by atoms with Gasteiger partial charge in [0.15, 0.2) is 0 Å². The Bertz CT molecular complexity index is 81.4. The van der Waals surface area contributed by atoms with E-state index in [4.69, 9.17) is 0 Å². The lowest BCUT2D eigenvalue weighted by atomic mass is 9.92. The van der Waals surface area contributed by atoms with Gasteiger partial charge < -0.3 is 5.32 Å². The first kappa shape index (κ1) is 10.8. The molecule has 1 heteroatoms. The van der Waals surface area contributed by atoms with Gasteiger partial charge in [0.1, 0.15) is 0 Å². The maximum absolute atomic E-state index is 3.67. The summed E-state index contributed by atoms with van der Waals surface area (Å²) in [6.45, 7) is 12.7. The van der Waals surface area contributed by atoms with Crippen molar-refractivity contribution < 1.29 is 0 Å². The molecule has 0 spiro atoms. The summed E-state index contributed by atoms with van der Waals surface area (Å²) in [6.07, 6.45) is 4.26. The molecule has 0 aliphatic heterocycles. The average molecular weight is 155 g/mol. The van der Waals surface area contributed by atoms with E-state index >= 15 is 0 Å². The first-order chi connectivity index (χ1) is 5.06. The minimum Gasteiger partial charge on any atom is -0.313 e. The zero-order valence-corrected chi connectivity index (χ0v) is 8.11. The van der Waals surface area contributed by atoms with Crippen molar-refractivity contribution in [1.29, 1.82) is 0 Å². The molecule has 0 saturated heterocycles. The van der Waals surface area contributed by atoms with E-state index in [9.17, 15) is 0 Å². The predicted octanol–water partition coefficient (Wildman–Crippen LogP) is 2.44. The van der Waals surface area contributed by atoms with Gasteiger partial charge in [-0.2, -0.15) is 0 Å². The molecule has 0 fully saturated rings. The van der Waals surface area contributed by atoms with E-state index in [1.165, 1.54) is 6.42 Å². The van der Waals surface area contributed by atoms with Gasteiger partial charge in [0.05, 0.1) is 6.42 Å². The Labute approximate surface area is 71.6 Å². The summed E-state index contributed by atoms with van der Waals surface area (Å²) in [5, 5.41) is 3.37. The highest BCUT2D eigenvalue weighted by Gasteiger charge is 2.08. The maximum atomic E-state index is 3.67. The fourth-order valence-electron chi connectivity index (χ4n) is 0.793. The first-order valence-electron chi connectivity index (χ1n) is 4.38. The summed E-state index contributed by atoms with van der Waals surface area (Å²) in [7, 11) is 0. The highest BCUT2D eigenvalue weighted by atomic mass is 14.8. The molecular weight excluding hydrogens is 134 g/mol. The maximum Gasteiger partial charge on any atom is 0.0694 e. The molecule has 0 atom stereocenters. The molecule has 66 valence electrons. The van der Waals surface area contributed by atoms with Gasteiger partial charge >= 0.3 is 0 Å². The van der Waals surface area contributed by atoms with E-state index in [2.05, 4.69) is 33.0 Å². The number of unbranched alkanes of at least 4 members (excludes halogenated alkanes) is 1. The van der Waals surface area contributed by atoms with Crippen molar-refractivity contribution >= 4 is 0 Å². The second-order valence-electron chi connectivity index (χ2n) is 4.14. The van der Waals surface area contributed by atoms with Crippen LogP contribution in [-0.2, 0) is 0 Å². The van der Waals surface area contributed by atoms with Crippen molar-refractivity contribution in [2.45, 2.75) is 33.6 Å². The SMILES string of the molecule is [CH2-][CH+]CCNCCC(C)(C)C. The van der Waals surface area contributed by atoms with Crippen LogP contribution in [0.25, 0.3) is 0 Å². The Kier molecular flexibility index (Phi) is 5.39. The predicted molar refractivity (Wildman–Crippen MR) is 51.2 cm³/mol. The minimum atomic E-state index is 0.460. The molecule has 0 amide bonds. The van der Waals surface area contributed by atoms with E-state index in [1.54, 1.807) is 0 Å². The largest absolute Gasteiger partial charge is 0.313 e. The molecule has 1 nitrogen and oxygen atoms in total. The van der Waals surface area contributed by atoms with Crippen molar-refractivity contribution in [2.24, 2.45) is 5.41 Å². The third-order valence-corrected chi connectivity index (χ3v) is 1.58. The van der Waals surface area contributed by atoms with Crippen LogP contribution in [0.2, 0.25) is 0 Å². The molecule has 0 saturated carbocycles. The third kappa shape index (κ3) is 9.83. The summed E-state index contributed by atoms with van der Waals surface area (Å²) in [4.78, 5) is 0. The van der Waals surface area contributed by atoms with Gasteiger partial charge in [-0.1, -0.05) is 27.2 Å². The van der Waals surface area contributed by atoms with Crippen LogP contribution >= 0.6 is 0 Å². The summed E-state index contributed by atoms with van der Waals surface area (Å²) >= 11 is 0. The van der Waals surface area contributed by atoms with Gasteiger partial charge in [-0.3, -0.25) is 0 Å². The molecule has 1 N–H and O–H groups in total. The number of hydrogen-bond acceptors (Lipinski definition) is 1. The summed E-state index contributed by atoms with van der Waals surface area (Å²) in [5.74, 6) is 0. The molecule has 0 unspecified atom stereocenters. The van der Waals surface area contributed by atoms with Crippen molar-refractivity contribution in [3.05, 3.63) is 13.3 Å². The zero-order valence-electron chi connectivity index (χ0n) is 8.11. The van der Waals surface area contributed by atoms with Crippen LogP contribution in [0.3, 0.4) is 0 Å². The smallest absolute Gasteiger partial charge is 0.0694 e. The van der Waals surface area contributed by atoms with Crippen LogP contribution in [0.4, 0.5) is 0 Å². The number of rotatable bonds is 5. The lowest BCUT2D eigenvalue weighted by molar-refractivity contribution is 0.367. The Morgan fingerprint density at radius 2 is 1.91 bits per heavy atom. The summed E-state index contributed by atoms with van der Waals surface area (Å²) in [6, 6.07) is 0. The Hall–Kier alpha value is -0.170. The van der Waals surface area contributed by atoms with E-state index < -0.39 is 0 Å². The quantitative estimate of drug-likeness (QED) is 0.475. The summed E-state index contributed by atoms with van der Waals surface area (Å²) in [5.41, 5.74) is 0.460. The van der Waals surface area contributed by atoms with Crippen molar-refractivity contribution in [1.82, 2.24) is 5.32 Å². The van der Waals surface area contributed by atoms with Crippen LogP contribution in [0.1, 0.15) is 33.6 Å². The molecule has 11 heavy (non-hydrogen) atoms. The van der Waals surface area contributed by atoms with E-state index in [0.717, 1.165) is 19.5 Å². The van der Waals surface area contributed by atoms with Crippen LogP contribution < -0.4 is 5.32 Å². The van der Waals surface area contributed by atoms with E-state index in [1.807, 2.05) is 6.42 Å². The second-order valence-corrected chi connectivity index (χ2v) is 4.14. The normalized spacial score (nSPS) is 11.6. The van der Waals surface area contributed by atoms with Crippen LogP contribution in [-0.4, -0.2) is 13.1 Å². The second kappa shape index (κ2) is 5.48. The lowest BCUT2D eigenvalue weighted by Crippen LogP contribution is -2.21. The topological polar surface area (TPSA) is 12.0 Å². The molecule has 0 aromatic rings. The Morgan fingerprint density at radius 1 is 1.27 bits per heavy atom. The van der Waals surface area contributed by atoms with Crippen molar-refractivity contribution in [3.63, 3.8) is 0 Å². The van der Waals surface area contributed by atoms with Crippen LogP contribution in [0.5, 0.6) is 0 Å². The van der Waals surface area contributed by atoms with Gasteiger partial charge in [-0.05, 0) is 18.4 Å². The molecule has 0 aliphatic carbocycles. The fraction of sp³-hybridized carbons (Fsp3) is 0.800. The zero-order chi connectivity index (χ0) is 8.74. The molecule has 0 radical (unpaired) electrons. The van der Waals surface area contributed by atoms with Crippen LogP contribution in [0, 0.1) is 18.8 Å². The fourth-order valence-corrected chi connectivity index (χ4v) is 0.793. The summed E-state index contributed by atoms with van der Waals surface area (Å²) < 4.78 is 0. The van der Waals surface area contributed by atoms with Gasteiger partial charge in [0, 0.05) is 6.54 Å². The van der Waals surface area contributed by atoms with Gasteiger partial charge in [0.2, 0.25) is 0 Å². The van der Waals surface area contributed by atoms with Gasteiger partial charge in [-0.15, -0.1) is 6.92 Å². The highest BCUT2D eigenvalue weighted by Crippen LogP contribution is 2.16. The minimum absolute atomic E-state index is 0.460.